The van der Waals surface area contributed by atoms with Crippen LogP contribution < -0.4 is 21.3 Å². The van der Waals surface area contributed by atoms with Gasteiger partial charge in [0.15, 0.2) is 17.4 Å². The Labute approximate surface area is 169 Å². The van der Waals surface area contributed by atoms with Crippen molar-refractivity contribution < 1.29 is 27.1 Å². The molecule has 3 aromatic carbocycles. The summed E-state index contributed by atoms with van der Waals surface area (Å²) in [5, 5.41) is 2.43. The van der Waals surface area contributed by atoms with E-state index in [9.17, 15) is 22.4 Å². The van der Waals surface area contributed by atoms with Crippen molar-refractivity contribution in [3.63, 3.8) is 0 Å². The quantitative estimate of drug-likeness (QED) is 0.183. The summed E-state index contributed by atoms with van der Waals surface area (Å²) in [6, 6.07) is 11.3. The standard InChI is InChI=1S/C21H17F4N3O2/c1-11-6-5-9-14(27-21(29)28-26)13(11)10-30-20-18(24)16(22)15(17(23)19(20)25)12-7-3-2-4-8-12/h2-9H,10,26H2,1H3,(H2,27,28,29). The van der Waals surface area contributed by atoms with Gasteiger partial charge in [0.25, 0.3) is 0 Å². The first-order valence-electron chi connectivity index (χ1n) is 8.75. The van der Waals surface area contributed by atoms with E-state index >= 15 is 0 Å². The number of anilines is 1. The minimum atomic E-state index is -1.66. The van der Waals surface area contributed by atoms with Gasteiger partial charge in [-0.3, -0.25) is 5.43 Å². The number of hydrazine groups is 1. The van der Waals surface area contributed by atoms with E-state index < -0.39 is 47.2 Å². The average Bonchev–Trinajstić information content (AvgIpc) is 2.74. The van der Waals surface area contributed by atoms with E-state index in [0.717, 1.165) is 0 Å². The van der Waals surface area contributed by atoms with Gasteiger partial charge in [-0.25, -0.2) is 19.4 Å². The molecule has 0 aromatic heterocycles. The molecule has 0 aliphatic heterocycles. The van der Waals surface area contributed by atoms with E-state index in [0.29, 0.717) is 11.1 Å². The van der Waals surface area contributed by atoms with E-state index in [1.54, 1.807) is 25.1 Å². The second-order valence-electron chi connectivity index (χ2n) is 6.31. The van der Waals surface area contributed by atoms with Gasteiger partial charge in [-0.1, -0.05) is 42.5 Å². The van der Waals surface area contributed by atoms with Crippen LogP contribution in [0.4, 0.5) is 28.0 Å². The molecule has 0 saturated carbocycles. The molecule has 5 nitrogen and oxygen atoms in total. The summed E-state index contributed by atoms with van der Waals surface area (Å²) in [4.78, 5) is 11.5. The smallest absolute Gasteiger partial charge is 0.333 e. The number of halogens is 4. The summed E-state index contributed by atoms with van der Waals surface area (Å²) in [5.41, 5.74) is 2.23. The van der Waals surface area contributed by atoms with Crippen molar-refractivity contribution >= 4 is 11.7 Å². The van der Waals surface area contributed by atoms with Crippen molar-refractivity contribution in [3.8, 4) is 16.9 Å². The number of hydrogen-bond donors (Lipinski definition) is 3. The zero-order valence-electron chi connectivity index (χ0n) is 15.7. The first-order chi connectivity index (χ1) is 14.3. The number of carbonyl (C=O) groups is 1. The lowest BCUT2D eigenvalue weighted by atomic mass is 10.0. The number of rotatable bonds is 5. The molecule has 4 N–H and O–H groups in total. The molecular formula is C21H17F4N3O2. The van der Waals surface area contributed by atoms with E-state index in [-0.39, 0.29) is 11.3 Å². The molecule has 0 saturated heterocycles. The molecule has 0 atom stereocenters. The van der Waals surface area contributed by atoms with Crippen molar-refractivity contribution in [1.29, 1.82) is 0 Å². The van der Waals surface area contributed by atoms with Crippen molar-refractivity contribution in [1.82, 2.24) is 5.43 Å². The van der Waals surface area contributed by atoms with Gasteiger partial charge in [-0.2, -0.15) is 8.78 Å². The molecule has 0 bridgehead atoms. The third-order valence-corrected chi connectivity index (χ3v) is 4.44. The molecule has 0 unspecified atom stereocenters. The van der Waals surface area contributed by atoms with Crippen molar-refractivity contribution in [2.75, 3.05) is 5.32 Å². The first-order valence-corrected chi connectivity index (χ1v) is 8.75. The maximum Gasteiger partial charge on any atom is 0.333 e. The van der Waals surface area contributed by atoms with Crippen molar-refractivity contribution in [2.45, 2.75) is 13.5 Å². The number of hydrogen-bond acceptors (Lipinski definition) is 3. The van der Waals surface area contributed by atoms with Gasteiger partial charge in [0.1, 0.15) is 6.61 Å². The number of benzene rings is 3. The maximum absolute atomic E-state index is 14.6. The number of amides is 2. The Morgan fingerprint density at radius 2 is 1.57 bits per heavy atom. The molecule has 0 aliphatic carbocycles. The lowest BCUT2D eigenvalue weighted by molar-refractivity contribution is 0.252. The number of carbonyl (C=O) groups excluding carboxylic acids is 1. The Morgan fingerprint density at radius 3 is 2.17 bits per heavy atom. The van der Waals surface area contributed by atoms with Gasteiger partial charge in [0, 0.05) is 11.3 Å². The molecule has 9 heteroatoms. The zero-order chi connectivity index (χ0) is 21.8. The van der Waals surface area contributed by atoms with Crippen molar-refractivity contribution in [2.24, 2.45) is 5.84 Å². The Balaban J connectivity index is 1.97. The predicted molar refractivity (Wildman–Crippen MR) is 104 cm³/mol. The van der Waals surface area contributed by atoms with Crippen LogP contribution in [-0.4, -0.2) is 6.03 Å². The molecule has 0 spiro atoms. The highest BCUT2D eigenvalue weighted by molar-refractivity contribution is 5.89. The number of urea groups is 1. The monoisotopic (exact) mass is 419 g/mol. The van der Waals surface area contributed by atoms with Crippen LogP contribution in [0.2, 0.25) is 0 Å². The Kier molecular flexibility index (Phi) is 6.22. The number of nitrogens with one attached hydrogen (secondary N) is 2. The molecule has 30 heavy (non-hydrogen) atoms. The summed E-state index contributed by atoms with van der Waals surface area (Å²) in [5.74, 6) is -2.61. The van der Waals surface area contributed by atoms with Gasteiger partial charge < -0.3 is 10.1 Å². The lowest BCUT2D eigenvalue weighted by Crippen LogP contribution is -2.34. The summed E-state index contributed by atoms with van der Waals surface area (Å²) >= 11 is 0. The third kappa shape index (κ3) is 4.06. The summed E-state index contributed by atoms with van der Waals surface area (Å²) in [6.07, 6.45) is 0. The Hall–Kier alpha value is -3.59. The molecule has 0 aliphatic rings. The van der Waals surface area contributed by atoms with Crippen LogP contribution in [0.25, 0.3) is 11.1 Å². The molecular weight excluding hydrogens is 402 g/mol. The van der Waals surface area contributed by atoms with Crippen molar-refractivity contribution in [3.05, 3.63) is 82.9 Å². The topological polar surface area (TPSA) is 76.4 Å². The van der Waals surface area contributed by atoms with Gasteiger partial charge in [-0.05, 0) is 24.1 Å². The lowest BCUT2D eigenvalue weighted by Gasteiger charge is -2.16. The molecule has 156 valence electrons. The SMILES string of the molecule is Cc1cccc(NC(=O)NN)c1COc1c(F)c(F)c(-c2ccccc2)c(F)c1F. The second-order valence-corrected chi connectivity index (χ2v) is 6.31. The van der Waals surface area contributed by atoms with Crippen LogP contribution in [0.3, 0.4) is 0 Å². The number of aryl methyl sites for hydroxylation is 1. The fourth-order valence-electron chi connectivity index (χ4n) is 2.91. The minimum Gasteiger partial charge on any atom is -0.483 e. The molecule has 2 amide bonds. The van der Waals surface area contributed by atoms with E-state index in [2.05, 4.69) is 5.32 Å². The third-order valence-electron chi connectivity index (χ3n) is 4.44. The fourth-order valence-corrected chi connectivity index (χ4v) is 2.91. The van der Waals surface area contributed by atoms with E-state index in [1.807, 2.05) is 5.43 Å². The van der Waals surface area contributed by atoms with Crippen LogP contribution in [0, 0.1) is 30.2 Å². The molecule has 0 radical (unpaired) electrons. The minimum absolute atomic E-state index is 0.0185. The van der Waals surface area contributed by atoms with Crippen LogP contribution in [0.15, 0.2) is 48.5 Å². The predicted octanol–water partition coefficient (Wildman–Crippen LogP) is 4.79. The molecule has 0 fully saturated rings. The normalized spacial score (nSPS) is 10.6. The van der Waals surface area contributed by atoms with Gasteiger partial charge in [-0.15, -0.1) is 0 Å². The number of ether oxygens (including phenoxy) is 1. The first kappa shape index (κ1) is 21.1. The fraction of sp³-hybridized carbons (Fsp3) is 0.0952. The molecule has 3 aromatic rings. The highest BCUT2D eigenvalue weighted by Crippen LogP contribution is 2.36. The van der Waals surface area contributed by atoms with Gasteiger partial charge in [0.05, 0.1) is 5.56 Å². The van der Waals surface area contributed by atoms with Crippen LogP contribution in [0.1, 0.15) is 11.1 Å². The Bertz CT molecular complexity index is 1060. The van der Waals surface area contributed by atoms with Crippen LogP contribution in [-0.2, 0) is 6.61 Å². The zero-order valence-corrected chi connectivity index (χ0v) is 15.7. The average molecular weight is 419 g/mol. The van der Waals surface area contributed by atoms with Gasteiger partial charge >= 0.3 is 6.03 Å². The van der Waals surface area contributed by atoms with E-state index in [1.165, 1.54) is 30.3 Å². The second kappa shape index (κ2) is 8.83. The van der Waals surface area contributed by atoms with Crippen LogP contribution in [0.5, 0.6) is 5.75 Å². The summed E-state index contributed by atoms with van der Waals surface area (Å²) < 4.78 is 63.3. The molecule has 0 heterocycles. The van der Waals surface area contributed by atoms with E-state index in [4.69, 9.17) is 10.6 Å². The summed E-state index contributed by atoms with van der Waals surface area (Å²) in [6.45, 7) is 1.20. The number of nitrogens with two attached hydrogens (primary N) is 1. The molecule has 3 rings (SSSR count). The van der Waals surface area contributed by atoms with Gasteiger partial charge in [0.2, 0.25) is 11.6 Å². The van der Waals surface area contributed by atoms with Crippen LogP contribution >= 0.6 is 0 Å². The highest BCUT2D eigenvalue weighted by Gasteiger charge is 2.27. The summed E-state index contributed by atoms with van der Waals surface area (Å²) in [7, 11) is 0. The largest absolute Gasteiger partial charge is 0.483 e. The highest BCUT2D eigenvalue weighted by atomic mass is 19.2. The Morgan fingerprint density at radius 1 is 0.933 bits per heavy atom. The maximum atomic E-state index is 14.6.